The highest BCUT2D eigenvalue weighted by molar-refractivity contribution is 5.92. The quantitative estimate of drug-likeness (QED) is 0.930. The molecule has 1 N–H and O–H groups in total. The van der Waals surface area contributed by atoms with Crippen LogP contribution >= 0.6 is 0 Å². The molecule has 7 nitrogen and oxygen atoms in total. The summed E-state index contributed by atoms with van der Waals surface area (Å²) in [5.41, 5.74) is 1.83. The highest BCUT2D eigenvalue weighted by Crippen LogP contribution is 2.32. The number of aryl methyl sites for hydroxylation is 1. The number of piperidine rings is 1. The third-order valence-corrected chi connectivity index (χ3v) is 4.48. The van der Waals surface area contributed by atoms with Crippen LogP contribution in [0.25, 0.3) is 0 Å². The van der Waals surface area contributed by atoms with E-state index in [1.807, 2.05) is 23.7 Å². The summed E-state index contributed by atoms with van der Waals surface area (Å²) in [5.74, 6) is 1.18. The van der Waals surface area contributed by atoms with E-state index in [0.29, 0.717) is 24.0 Å². The first-order valence-electron chi connectivity index (χ1n) is 8.01. The van der Waals surface area contributed by atoms with Crippen LogP contribution in [0.1, 0.15) is 53.3 Å². The molecule has 0 unspecified atom stereocenters. The first-order chi connectivity index (χ1) is 11.1. The van der Waals surface area contributed by atoms with Crippen molar-refractivity contribution in [3.05, 3.63) is 35.3 Å². The molecule has 0 bridgehead atoms. The van der Waals surface area contributed by atoms with Crippen molar-refractivity contribution in [1.82, 2.24) is 25.0 Å². The molecular formula is C16H23N5O2. The van der Waals surface area contributed by atoms with Gasteiger partial charge in [-0.15, -0.1) is 10.2 Å². The molecule has 1 aliphatic rings. The molecule has 1 atom stereocenters. The Morgan fingerprint density at radius 1 is 1.39 bits per heavy atom. The minimum absolute atomic E-state index is 0.0614. The summed E-state index contributed by atoms with van der Waals surface area (Å²) in [7, 11) is 3.60. The van der Waals surface area contributed by atoms with Gasteiger partial charge in [0.2, 0.25) is 11.8 Å². The zero-order chi connectivity index (χ0) is 16.4. The molecule has 2 aromatic heterocycles. The highest BCUT2D eigenvalue weighted by atomic mass is 16.4. The van der Waals surface area contributed by atoms with Crippen LogP contribution in [0.5, 0.6) is 0 Å². The van der Waals surface area contributed by atoms with Gasteiger partial charge in [-0.1, -0.05) is 6.42 Å². The lowest BCUT2D eigenvalue weighted by atomic mass is 9.99. The van der Waals surface area contributed by atoms with E-state index in [-0.39, 0.29) is 11.9 Å². The van der Waals surface area contributed by atoms with Crippen molar-refractivity contribution in [3.8, 4) is 0 Å². The van der Waals surface area contributed by atoms with Gasteiger partial charge in [-0.05, 0) is 31.5 Å². The molecule has 1 amide bonds. The van der Waals surface area contributed by atoms with Crippen LogP contribution in [0.3, 0.4) is 0 Å². The molecule has 1 aliphatic heterocycles. The Bertz CT molecular complexity index is 690. The van der Waals surface area contributed by atoms with Gasteiger partial charge in [-0.2, -0.15) is 0 Å². The van der Waals surface area contributed by atoms with E-state index in [9.17, 15) is 4.79 Å². The largest absolute Gasteiger partial charge is 0.424 e. The van der Waals surface area contributed by atoms with Crippen molar-refractivity contribution >= 4 is 5.91 Å². The van der Waals surface area contributed by atoms with E-state index in [4.69, 9.17) is 4.42 Å². The van der Waals surface area contributed by atoms with E-state index in [1.165, 1.54) is 6.42 Å². The molecule has 124 valence electrons. The number of hydrogen-bond donors (Lipinski definition) is 1. The molecular weight excluding hydrogens is 294 g/mol. The Labute approximate surface area is 135 Å². The monoisotopic (exact) mass is 317 g/mol. The minimum Gasteiger partial charge on any atom is -0.424 e. The standard InChI is InChI=1S/C16H23N5O2/c1-11-18-19-15(23-11)10-21-9-5-4-6-13(21)12-7-8-14(20(12)3)16(22)17-2/h7-8,13H,4-6,9-10H2,1-3H3,(H,17,22)/t13-/m1/s1. The van der Waals surface area contributed by atoms with Gasteiger partial charge in [-0.3, -0.25) is 9.69 Å². The molecule has 1 saturated heterocycles. The van der Waals surface area contributed by atoms with Gasteiger partial charge in [-0.25, -0.2) is 0 Å². The summed E-state index contributed by atoms with van der Waals surface area (Å²) in [4.78, 5) is 14.3. The van der Waals surface area contributed by atoms with Gasteiger partial charge < -0.3 is 14.3 Å². The van der Waals surface area contributed by atoms with Gasteiger partial charge >= 0.3 is 0 Å². The smallest absolute Gasteiger partial charge is 0.267 e. The van der Waals surface area contributed by atoms with Crippen LogP contribution in [0, 0.1) is 6.92 Å². The lowest BCUT2D eigenvalue weighted by Gasteiger charge is -2.35. The first-order valence-corrected chi connectivity index (χ1v) is 8.01. The van der Waals surface area contributed by atoms with Crippen molar-refractivity contribution in [3.63, 3.8) is 0 Å². The summed E-state index contributed by atoms with van der Waals surface area (Å²) in [6, 6.07) is 4.20. The Morgan fingerprint density at radius 3 is 2.91 bits per heavy atom. The lowest BCUT2D eigenvalue weighted by molar-refractivity contribution is 0.0951. The normalized spacial score (nSPS) is 19.0. The summed E-state index contributed by atoms with van der Waals surface area (Å²) >= 11 is 0. The van der Waals surface area contributed by atoms with Crippen molar-refractivity contribution < 1.29 is 9.21 Å². The van der Waals surface area contributed by atoms with Gasteiger partial charge in [0.1, 0.15) is 5.69 Å². The summed E-state index contributed by atoms with van der Waals surface area (Å²) in [5, 5.41) is 10.7. The van der Waals surface area contributed by atoms with Gasteiger partial charge in [0.05, 0.1) is 12.6 Å². The summed E-state index contributed by atoms with van der Waals surface area (Å²) in [6.07, 6.45) is 3.42. The third-order valence-electron chi connectivity index (χ3n) is 4.48. The maximum atomic E-state index is 11.9. The zero-order valence-electron chi connectivity index (χ0n) is 13.9. The van der Waals surface area contributed by atoms with Crippen LogP contribution in [-0.2, 0) is 13.6 Å². The molecule has 23 heavy (non-hydrogen) atoms. The number of carbonyl (C=O) groups excluding carboxylic acids is 1. The fraction of sp³-hybridized carbons (Fsp3) is 0.562. The lowest BCUT2D eigenvalue weighted by Crippen LogP contribution is -2.34. The second kappa shape index (κ2) is 6.54. The van der Waals surface area contributed by atoms with Crippen LogP contribution < -0.4 is 5.32 Å². The van der Waals surface area contributed by atoms with Crippen molar-refractivity contribution in [1.29, 1.82) is 0 Å². The Morgan fingerprint density at radius 2 is 2.22 bits per heavy atom. The van der Waals surface area contributed by atoms with Gasteiger partial charge in [0.15, 0.2) is 0 Å². The number of aromatic nitrogens is 3. The van der Waals surface area contributed by atoms with Crippen LogP contribution in [0.2, 0.25) is 0 Å². The fourth-order valence-corrected chi connectivity index (χ4v) is 3.31. The van der Waals surface area contributed by atoms with E-state index >= 15 is 0 Å². The molecule has 0 spiro atoms. The number of nitrogens with one attached hydrogen (secondary N) is 1. The van der Waals surface area contributed by atoms with Crippen molar-refractivity contribution in [2.24, 2.45) is 7.05 Å². The molecule has 0 aromatic carbocycles. The number of hydrogen-bond acceptors (Lipinski definition) is 5. The molecule has 7 heteroatoms. The number of nitrogens with zero attached hydrogens (tertiary/aromatic N) is 4. The molecule has 3 heterocycles. The average molecular weight is 317 g/mol. The van der Waals surface area contributed by atoms with Crippen LogP contribution in [-0.4, -0.2) is 39.2 Å². The first kappa shape index (κ1) is 15.7. The predicted molar refractivity (Wildman–Crippen MR) is 84.8 cm³/mol. The summed E-state index contributed by atoms with van der Waals surface area (Å²) in [6.45, 7) is 3.44. The molecule has 3 rings (SSSR count). The average Bonchev–Trinajstić information content (AvgIpc) is 3.13. The third kappa shape index (κ3) is 3.14. The van der Waals surface area contributed by atoms with Crippen LogP contribution in [0.4, 0.5) is 0 Å². The number of rotatable bonds is 4. The predicted octanol–water partition coefficient (Wildman–Crippen LogP) is 1.80. The topological polar surface area (TPSA) is 76.2 Å². The van der Waals surface area contributed by atoms with Gasteiger partial charge in [0.25, 0.3) is 5.91 Å². The second-order valence-electron chi connectivity index (χ2n) is 5.98. The second-order valence-corrected chi connectivity index (χ2v) is 5.98. The van der Waals surface area contributed by atoms with E-state index in [1.54, 1.807) is 14.0 Å². The molecule has 0 saturated carbocycles. The Balaban J connectivity index is 1.84. The van der Waals surface area contributed by atoms with Crippen LogP contribution in [0.15, 0.2) is 16.5 Å². The maximum Gasteiger partial charge on any atom is 0.267 e. The van der Waals surface area contributed by atoms with E-state index in [0.717, 1.165) is 25.1 Å². The maximum absolute atomic E-state index is 11.9. The molecule has 2 aromatic rings. The van der Waals surface area contributed by atoms with Crippen molar-refractivity contribution in [2.75, 3.05) is 13.6 Å². The number of carbonyl (C=O) groups is 1. The molecule has 1 fully saturated rings. The minimum atomic E-state index is -0.0614. The number of likely N-dealkylation sites (tertiary alicyclic amines) is 1. The summed E-state index contributed by atoms with van der Waals surface area (Å²) < 4.78 is 7.51. The van der Waals surface area contributed by atoms with E-state index < -0.39 is 0 Å². The molecule has 0 aliphatic carbocycles. The van der Waals surface area contributed by atoms with Crippen molar-refractivity contribution in [2.45, 2.75) is 38.8 Å². The highest BCUT2D eigenvalue weighted by Gasteiger charge is 2.28. The Hall–Kier alpha value is -2.15. The van der Waals surface area contributed by atoms with E-state index in [2.05, 4.69) is 20.4 Å². The SMILES string of the molecule is CNC(=O)c1ccc([C@H]2CCCCN2Cc2nnc(C)o2)n1C. The Kier molecular flexibility index (Phi) is 4.47. The zero-order valence-corrected chi connectivity index (χ0v) is 13.9. The number of amides is 1. The van der Waals surface area contributed by atoms with Gasteiger partial charge in [0, 0.05) is 26.7 Å². The fourth-order valence-electron chi connectivity index (χ4n) is 3.31. The molecule has 0 radical (unpaired) electrons.